The Balaban J connectivity index is 0.00000261. The smallest absolute Gasteiger partial charge is 0.181 e. The lowest BCUT2D eigenvalue weighted by molar-refractivity contribution is -0.117. The number of nitrogens with one attached hydrogen (secondary N) is 1. The molecule has 0 aromatic heterocycles. The Kier molecular flexibility index (Phi) is 5.94. The van der Waals surface area contributed by atoms with Gasteiger partial charge in [0.2, 0.25) is 0 Å². The number of benzene rings is 2. The van der Waals surface area contributed by atoms with Crippen LogP contribution in [-0.2, 0) is 4.79 Å². The van der Waals surface area contributed by atoms with Crippen LogP contribution in [0, 0.1) is 11.7 Å². The Morgan fingerprint density at radius 2 is 2.00 bits per heavy atom. The number of Topliss-reactive ketones (excluding diaryl/α,β-unsaturated/α-hetero) is 1. The molecule has 144 valence electrons. The lowest BCUT2D eigenvalue weighted by atomic mass is 9.99. The van der Waals surface area contributed by atoms with Crippen molar-refractivity contribution in [2.45, 2.75) is 45.2 Å². The van der Waals surface area contributed by atoms with Crippen molar-refractivity contribution in [1.29, 1.82) is 0 Å². The summed E-state index contributed by atoms with van der Waals surface area (Å²) in [4.78, 5) is 11.4. The number of para-hydroxylation sites is 1. The van der Waals surface area contributed by atoms with Gasteiger partial charge in [0.1, 0.15) is 11.5 Å². The molecule has 2 aromatic carbocycles. The van der Waals surface area contributed by atoms with Gasteiger partial charge < -0.3 is 10.1 Å². The molecular weight excluding hydrogens is 353 g/mol. The van der Waals surface area contributed by atoms with E-state index in [1.807, 2.05) is 25.1 Å². The van der Waals surface area contributed by atoms with Gasteiger partial charge in [-0.2, -0.15) is 0 Å². The number of ether oxygens (including phenoxy) is 1. The van der Waals surface area contributed by atoms with Gasteiger partial charge in [0.25, 0.3) is 0 Å². The number of ketones is 1. The normalized spacial score (nSPS) is 16.2. The van der Waals surface area contributed by atoms with E-state index in [0.717, 1.165) is 12.8 Å². The van der Waals surface area contributed by atoms with E-state index in [2.05, 4.69) is 5.32 Å². The van der Waals surface area contributed by atoms with Crippen LogP contribution < -0.4 is 10.1 Å². The van der Waals surface area contributed by atoms with Crippen LogP contribution in [0.25, 0.3) is 0 Å². The lowest BCUT2D eigenvalue weighted by Gasteiger charge is -2.24. The summed E-state index contributed by atoms with van der Waals surface area (Å²) < 4.78 is 21.0. The lowest BCUT2D eigenvalue weighted by Crippen LogP contribution is -2.33. The molecule has 3 nitrogen and oxygen atoms in total. The molecule has 0 spiro atoms. The van der Waals surface area contributed by atoms with Crippen molar-refractivity contribution < 1.29 is 18.2 Å². The molecular formula is C21H29ClFNO2. The van der Waals surface area contributed by atoms with Crippen molar-refractivity contribution in [1.82, 2.24) is 5.32 Å². The van der Waals surface area contributed by atoms with Gasteiger partial charge in [-0.25, -0.2) is 4.39 Å². The van der Waals surface area contributed by atoms with Crippen molar-refractivity contribution >= 4 is 17.4 Å². The van der Waals surface area contributed by atoms with E-state index in [1.165, 1.54) is 0 Å². The third-order valence-corrected chi connectivity index (χ3v) is 4.83. The van der Waals surface area contributed by atoms with E-state index >= 15 is 4.39 Å². The maximum Gasteiger partial charge on any atom is 0.181 e. The highest BCUT2D eigenvalue weighted by molar-refractivity contribution is 6.32. The summed E-state index contributed by atoms with van der Waals surface area (Å²) in [6.07, 6.45) is 2.51. The molecule has 0 amide bonds. The van der Waals surface area contributed by atoms with Gasteiger partial charge in [-0.15, -0.1) is 0 Å². The van der Waals surface area contributed by atoms with Crippen molar-refractivity contribution in [3.05, 3.63) is 58.9 Å². The standard InChI is InChI=1S/C21H23ClFNO2.3H2/c1-13(12-14(2)25)24-20(15-8-9-15)17-10-11-18(22)21(19(17)23)26-16-6-4-3-5-7-16;;;/h3-7,10-11,13,15,20,24H,8-9,12H2,1-2H3;3*1H/t13-,20+;;;/m0.../s1. The first-order valence-corrected chi connectivity index (χ1v) is 9.29. The first-order chi connectivity index (χ1) is 12.5. The molecule has 0 aliphatic heterocycles. The summed E-state index contributed by atoms with van der Waals surface area (Å²) in [5, 5.41) is 3.66. The second-order valence-corrected chi connectivity index (χ2v) is 7.39. The highest BCUT2D eigenvalue weighted by atomic mass is 35.5. The molecule has 3 rings (SSSR count). The second-order valence-electron chi connectivity index (χ2n) is 6.98. The van der Waals surface area contributed by atoms with E-state index in [9.17, 15) is 4.79 Å². The van der Waals surface area contributed by atoms with Gasteiger partial charge in [-0.1, -0.05) is 35.9 Å². The third kappa shape index (κ3) is 4.63. The van der Waals surface area contributed by atoms with Gasteiger partial charge in [0.15, 0.2) is 11.6 Å². The van der Waals surface area contributed by atoms with Gasteiger partial charge in [0, 0.05) is 28.3 Å². The third-order valence-electron chi connectivity index (χ3n) is 4.53. The van der Waals surface area contributed by atoms with Crippen molar-refractivity contribution in [2.75, 3.05) is 0 Å². The molecule has 0 heterocycles. The fraction of sp³-hybridized carbons (Fsp3) is 0.381. The zero-order valence-corrected chi connectivity index (χ0v) is 15.7. The summed E-state index contributed by atoms with van der Waals surface area (Å²) in [5.74, 6) is 0.614. The minimum atomic E-state index is -0.444. The fourth-order valence-electron chi connectivity index (χ4n) is 3.19. The summed E-state index contributed by atoms with van der Waals surface area (Å²) >= 11 is 6.20. The van der Waals surface area contributed by atoms with Crippen molar-refractivity contribution in [2.24, 2.45) is 5.92 Å². The summed E-state index contributed by atoms with van der Waals surface area (Å²) in [5.41, 5.74) is 0.540. The molecule has 2 atom stereocenters. The van der Waals surface area contributed by atoms with Crippen molar-refractivity contribution in [3.8, 4) is 11.5 Å². The molecule has 1 aliphatic carbocycles. The number of hydrogen-bond donors (Lipinski definition) is 1. The molecule has 0 radical (unpaired) electrons. The van der Waals surface area contributed by atoms with Crippen molar-refractivity contribution in [3.63, 3.8) is 0 Å². The molecule has 2 aromatic rings. The molecule has 0 bridgehead atoms. The zero-order chi connectivity index (χ0) is 18.7. The number of hydrogen-bond acceptors (Lipinski definition) is 3. The van der Waals surface area contributed by atoms with Crippen LogP contribution >= 0.6 is 11.6 Å². The average molecular weight is 382 g/mol. The highest BCUT2D eigenvalue weighted by Gasteiger charge is 2.35. The predicted molar refractivity (Wildman–Crippen MR) is 108 cm³/mol. The molecule has 1 aliphatic rings. The van der Waals surface area contributed by atoms with Gasteiger partial charge in [-0.05, 0) is 50.8 Å². The molecule has 5 heteroatoms. The first kappa shape index (κ1) is 18.9. The topological polar surface area (TPSA) is 38.3 Å². The quantitative estimate of drug-likeness (QED) is 0.573. The Morgan fingerprint density at radius 3 is 2.62 bits per heavy atom. The Hall–Kier alpha value is -1.91. The highest BCUT2D eigenvalue weighted by Crippen LogP contribution is 2.45. The minimum Gasteiger partial charge on any atom is -0.453 e. The van der Waals surface area contributed by atoms with E-state index in [1.54, 1.807) is 31.2 Å². The van der Waals surface area contributed by atoms with Gasteiger partial charge >= 0.3 is 0 Å². The fourth-order valence-corrected chi connectivity index (χ4v) is 3.38. The Morgan fingerprint density at radius 1 is 1.31 bits per heavy atom. The maximum absolute atomic E-state index is 15.3. The van der Waals surface area contributed by atoms with Gasteiger partial charge in [-0.3, -0.25) is 4.79 Å². The molecule has 1 saturated carbocycles. The largest absolute Gasteiger partial charge is 0.453 e. The number of carbonyl (C=O) groups excluding carboxylic acids is 1. The molecule has 1 N–H and O–H groups in total. The van der Waals surface area contributed by atoms with Crippen LogP contribution in [0.15, 0.2) is 42.5 Å². The molecule has 26 heavy (non-hydrogen) atoms. The van der Waals surface area contributed by atoms with E-state index in [4.69, 9.17) is 16.3 Å². The predicted octanol–water partition coefficient (Wildman–Crippen LogP) is 6.42. The second kappa shape index (κ2) is 8.19. The Bertz CT molecular complexity index is 791. The van der Waals surface area contributed by atoms with Crippen LogP contribution in [0.2, 0.25) is 5.02 Å². The SMILES string of the molecule is CC(=O)C[C@H](C)N[C@@H](c1ccc(Cl)c(Oc2ccccc2)c1F)C1CC1.[HH].[HH].[HH]. The minimum absolute atomic E-state index is 0. The summed E-state index contributed by atoms with van der Waals surface area (Å²) in [6.45, 7) is 3.52. The van der Waals surface area contributed by atoms with Gasteiger partial charge in [0.05, 0.1) is 5.02 Å². The number of carbonyl (C=O) groups is 1. The van der Waals surface area contributed by atoms with Crippen LogP contribution in [0.4, 0.5) is 4.39 Å². The summed E-state index contributed by atoms with van der Waals surface area (Å²) in [6, 6.07) is 12.2. The van der Waals surface area contributed by atoms with E-state index in [0.29, 0.717) is 23.7 Å². The van der Waals surface area contributed by atoms with Crippen LogP contribution in [0.5, 0.6) is 11.5 Å². The Labute approximate surface area is 163 Å². The van der Waals surface area contributed by atoms with Crippen LogP contribution in [-0.4, -0.2) is 11.8 Å². The molecule has 0 unspecified atom stereocenters. The maximum atomic E-state index is 15.3. The van der Waals surface area contributed by atoms with Crippen LogP contribution in [0.3, 0.4) is 0 Å². The monoisotopic (exact) mass is 381 g/mol. The average Bonchev–Trinajstić information content (AvgIpc) is 3.42. The summed E-state index contributed by atoms with van der Waals surface area (Å²) in [7, 11) is 0. The van der Waals surface area contributed by atoms with E-state index in [-0.39, 0.29) is 32.9 Å². The first-order valence-electron chi connectivity index (χ1n) is 8.92. The van der Waals surface area contributed by atoms with Crippen LogP contribution in [0.1, 0.15) is 49.0 Å². The number of rotatable bonds is 8. The molecule has 0 saturated heterocycles. The number of halogens is 2. The zero-order valence-electron chi connectivity index (χ0n) is 15.0. The molecule has 1 fully saturated rings. The van der Waals surface area contributed by atoms with E-state index < -0.39 is 5.82 Å².